The Labute approximate surface area is 86.5 Å². The number of rotatable bonds is 1. The highest BCUT2D eigenvalue weighted by Crippen LogP contribution is 2.39. The second-order valence-electron chi connectivity index (χ2n) is 3.16. The van der Waals surface area contributed by atoms with Gasteiger partial charge in [-0.15, -0.1) is 5.10 Å². The minimum absolute atomic E-state index is 0.476. The molecule has 0 radical (unpaired) electrons. The second kappa shape index (κ2) is 3.24. The Kier molecular flexibility index (Phi) is 1.78. The van der Waals surface area contributed by atoms with Gasteiger partial charge in [-0.05, 0) is 24.3 Å². The van der Waals surface area contributed by atoms with Crippen LogP contribution in [0.25, 0.3) is 0 Å². The average molecular weight is 200 g/mol. The Bertz CT molecular complexity index is 448. The van der Waals surface area contributed by atoms with Gasteiger partial charge in [-0.1, -0.05) is 12.1 Å². The van der Waals surface area contributed by atoms with E-state index in [0.29, 0.717) is 5.69 Å². The Morgan fingerprint density at radius 3 is 2.27 bits per heavy atom. The van der Waals surface area contributed by atoms with Crippen molar-refractivity contribution in [1.29, 1.82) is 0 Å². The van der Waals surface area contributed by atoms with Crippen LogP contribution in [0, 0.1) is 0 Å². The van der Waals surface area contributed by atoms with Crippen molar-refractivity contribution >= 4 is 0 Å². The number of para-hydroxylation sites is 2. The van der Waals surface area contributed by atoms with E-state index in [9.17, 15) is 0 Å². The van der Waals surface area contributed by atoms with Gasteiger partial charge in [-0.25, -0.2) is 0 Å². The maximum atomic E-state index is 5.57. The molecule has 0 amide bonds. The molecular formula is C11H8N2O2. The first-order chi connectivity index (χ1) is 7.43. The van der Waals surface area contributed by atoms with Crippen LogP contribution in [0.1, 0.15) is 12.0 Å². The third-order valence-corrected chi connectivity index (χ3v) is 2.15. The maximum absolute atomic E-state index is 5.57. The molecule has 0 saturated carbocycles. The van der Waals surface area contributed by atoms with Crippen molar-refractivity contribution in [3.05, 3.63) is 48.3 Å². The highest BCUT2D eigenvalue weighted by atomic mass is 16.7. The molecule has 2 heterocycles. The number of fused-ring (bicyclic) bond motifs is 1. The lowest BCUT2D eigenvalue weighted by molar-refractivity contribution is 0.0439. The van der Waals surface area contributed by atoms with Gasteiger partial charge in [0.2, 0.25) is 0 Å². The molecular weight excluding hydrogens is 192 g/mol. The SMILES string of the molecule is c1cnnc(C2Oc3ccccc3O2)c1. The predicted molar refractivity (Wildman–Crippen MR) is 52.5 cm³/mol. The lowest BCUT2D eigenvalue weighted by atomic mass is 10.3. The zero-order chi connectivity index (χ0) is 10.1. The van der Waals surface area contributed by atoms with Crippen LogP contribution < -0.4 is 9.47 Å². The molecule has 1 aromatic carbocycles. The standard InChI is InChI=1S/C11H8N2O2/c1-2-6-10-9(5-1)14-11(15-10)8-4-3-7-12-13-8/h1-7,11H. The lowest BCUT2D eigenvalue weighted by Gasteiger charge is -2.07. The van der Waals surface area contributed by atoms with Crippen molar-refractivity contribution in [1.82, 2.24) is 10.2 Å². The molecule has 0 fully saturated rings. The minimum atomic E-state index is -0.476. The van der Waals surface area contributed by atoms with Gasteiger partial charge in [0.15, 0.2) is 11.5 Å². The maximum Gasteiger partial charge on any atom is 0.286 e. The van der Waals surface area contributed by atoms with Crippen LogP contribution in [-0.4, -0.2) is 10.2 Å². The quantitative estimate of drug-likeness (QED) is 0.705. The van der Waals surface area contributed by atoms with Gasteiger partial charge in [0.25, 0.3) is 6.29 Å². The van der Waals surface area contributed by atoms with Crippen LogP contribution in [0.3, 0.4) is 0 Å². The van der Waals surface area contributed by atoms with E-state index in [-0.39, 0.29) is 0 Å². The molecule has 0 spiro atoms. The summed E-state index contributed by atoms with van der Waals surface area (Å²) in [6.07, 6.45) is 1.14. The highest BCUT2D eigenvalue weighted by Gasteiger charge is 2.26. The summed E-state index contributed by atoms with van der Waals surface area (Å²) in [6.45, 7) is 0. The van der Waals surface area contributed by atoms with Crippen molar-refractivity contribution < 1.29 is 9.47 Å². The third-order valence-electron chi connectivity index (χ3n) is 2.15. The molecule has 0 bridgehead atoms. The van der Waals surface area contributed by atoms with Gasteiger partial charge in [0, 0.05) is 6.20 Å². The van der Waals surface area contributed by atoms with Crippen molar-refractivity contribution in [3.63, 3.8) is 0 Å². The molecule has 4 nitrogen and oxygen atoms in total. The second-order valence-corrected chi connectivity index (χ2v) is 3.16. The number of nitrogens with zero attached hydrogens (tertiary/aromatic N) is 2. The largest absolute Gasteiger partial charge is 0.445 e. The summed E-state index contributed by atoms with van der Waals surface area (Å²) in [5, 5.41) is 7.73. The van der Waals surface area contributed by atoms with E-state index in [1.165, 1.54) is 0 Å². The van der Waals surface area contributed by atoms with Gasteiger partial charge in [-0.2, -0.15) is 5.10 Å². The van der Waals surface area contributed by atoms with Crippen molar-refractivity contribution in [2.45, 2.75) is 6.29 Å². The number of ether oxygens (including phenoxy) is 2. The Morgan fingerprint density at radius 1 is 0.933 bits per heavy atom. The van der Waals surface area contributed by atoms with Gasteiger partial charge in [-0.3, -0.25) is 0 Å². The minimum Gasteiger partial charge on any atom is -0.445 e. The molecule has 74 valence electrons. The molecule has 3 rings (SSSR count). The van der Waals surface area contributed by atoms with Crippen LogP contribution in [-0.2, 0) is 0 Å². The van der Waals surface area contributed by atoms with E-state index in [2.05, 4.69) is 10.2 Å². The predicted octanol–water partition coefficient (Wildman–Crippen LogP) is 1.95. The van der Waals surface area contributed by atoms with Gasteiger partial charge in [0.1, 0.15) is 5.69 Å². The fraction of sp³-hybridized carbons (Fsp3) is 0.0909. The van der Waals surface area contributed by atoms with E-state index in [4.69, 9.17) is 9.47 Å². The topological polar surface area (TPSA) is 44.2 Å². The molecule has 1 aliphatic rings. The van der Waals surface area contributed by atoms with Crippen molar-refractivity contribution in [2.75, 3.05) is 0 Å². The Morgan fingerprint density at radius 2 is 1.67 bits per heavy atom. The molecule has 1 aliphatic heterocycles. The average Bonchev–Trinajstić information content (AvgIpc) is 2.74. The molecule has 0 aliphatic carbocycles. The molecule has 0 unspecified atom stereocenters. The molecule has 2 aromatic rings. The first-order valence-corrected chi connectivity index (χ1v) is 4.63. The van der Waals surface area contributed by atoms with E-state index in [0.717, 1.165) is 11.5 Å². The summed E-state index contributed by atoms with van der Waals surface area (Å²) >= 11 is 0. The van der Waals surface area contributed by atoms with Crippen LogP contribution in [0.15, 0.2) is 42.6 Å². The van der Waals surface area contributed by atoms with Gasteiger partial charge in [0.05, 0.1) is 0 Å². The Balaban J connectivity index is 1.91. The number of aromatic nitrogens is 2. The zero-order valence-electron chi connectivity index (χ0n) is 7.83. The number of hydrogen-bond donors (Lipinski definition) is 0. The van der Waals surface area contributed by atoms with E-state index in [1.54, 1.807) is 12.3 Å². The smallest absolute Gasteiger partial charge is 0.286 e. The van der Waals surface area contributed by atoms with E-state index >= 15 is 0 Å². The number of benzene rings is 1. The fourth-order valence-corrected chi connectivity index (χ4v) is 1.46. The normalized spacial score (nSPS) is 14.1. The summed E-state index contributed by atoms with van der Waals surface area (Å²) in [5.41, 5.74) is 0.675. The van der Waals surface area contributed by atoms with Crippen LogP contribution >= 0.6 is 0 Å². The first kappa shape index (κ1) is 8.23. The summed E-state index contributed by atoms with van der Waals surface area (Å²) < 4.78 is 11.1. The Hall–Kier alpha value is -2.10. The van der Waals surface area contributed by atoms with Gasteiger partial charge < -0.3 is 9.47 Å². The molecule has 0 atom stereocenters. The van der Waals surface area contributed by atoms with Crippen LogP contribution in [0.5, 0.6) is 11.5 Å². The van der Waals surface area contributed by atoms with E-state index in [1.807, 2.05) is 30.3 Å². The third kappa shape index (κ3) is 1.40. The molecule has 0 saturated heterocycles. The van der Waals surface area contributed by atoms with Crippen LogP contribution in [0.4, 0.5) is 0 Å². The van der Waals surface area contributed by atoms with Crippen molar-refractivity contribution in [3.8, 4) is 11.5 Å². The summed E-state index contributed by atoms with van der Waals surface area (Å²) in [6, 6.07) is 11.2. The fourth-order valence-electron chi connectivity index (χ4n) is 1.46. The van der Waals surface area contributed by atoms with Crippen molar-refractivity contribution in [2.24, 2.45) is 0 Å². The molecule has 0 N–H and O–H groups in total. The summed E-state index contributed by atoms with van der Waals surface area (Å²) in [5.74, 6) is 1.49. The number of hydrogen-bond acceptors (Lipinski definition) is 4. The first-order valence-electron chi connectivity index (χ1n) is 4.63. The molecule has 4 heteroatoms. The highest BCUT2D eigenvalue weighted by molar-refractivity contribution is 5.42. The monoisotopic (exact) mass is 200 g/mol. The summed E-state index contributed by atoms with van der Waals surface area (Å²) in [7, 11) is 0. The lowest BCUT2D eigenvalue weighted by Crippen LogP contribution is -2.10. The van der Waals surface area contributed by atoms with Gasteiger partial charge >= 0.3 is 0 Å². The molecule has 15 heavy (non-hydrogen) atoms. The molecule has 1 aromatic heterocycles. The van der Waals surface area contributed by atoms with Crippen LogP contribution in [0.2, 0.25) is 0 Å². The zero-order valence-corrected chi connectivity index (χ0v) is 7.83. The summed E-state index contributed by atoms with van der Waals surface area (Å²) in [4.78, 5) is 0. The van der Waals surface area contributed by atoms with E-state index < -0.39 is 6.29 Å².